The van der Waals surface area contributed by atoms with E-state index in [0.717, 1.165) is 62.5 Å². The first-order valence-corrected chi connectivity index (χ1v) is 13.4. The van der Waals surface area contributed by atoms with Crippen LogP contribution in [0.2, 0.25) is 0 Å². The predicted molar refractivity (Wildman–Crippen MR) is 150 cm³/mol. The molecule has 1 saturated heterocycles. The van der Waals surface area contributed by atoms with Crippen LogP contribution in [0, 0.1) is 0 Å². The number of aromatic nitrogens is 4. The van der Waals surface area contributed by atoms with Gasteiger partial charge in [0.2, 0.25) is 0 Å². The molecule has 1 aliphatic rings. The van der Waals surface area contributed by atoms with E-state index in [1.165, 1.54) is 16.4 Å². The number of ether oxygens (including phenoxy) is 1. The van der Waals surface area contributed by atoms with Crippen LogP contribution in [-0.4, -0.2) is 69.8 Å². The molecule has 0 atom stereocenters. The van der Waals surface area contributed by atoms with Crippen molar-refractivity contribution in [3.05, 3.63) is 78.5 Å². The summed E-state index contributed by atoms with van der Waals surface area (Å²) in [4.78, 5) is 15.7. The molecule has 194 valence electrons. The summed E-state index contributed by atoms with van der Waals surface area (Å²) in [6, 6.07) is 24.7. The van der Waals surface area contributed by atoms with Crippen LogP contribution in [0.25, 0.3) is 38.8 Å². The van der Waals surface area contributed by atoms with Crippen molar-refractivity contribution in [2.75, 3.05) is 39.4 Å². The topological polar surface area (TPSA) is 77.2 Å². The summed E-state index contributed by atoms with van der Waals surface area (Å²) < 4.78 is 9.53. The zero-order chi connectivity index (χ0) is 25.9. The van der Waals surface area contributed by atoms with Crippen molar-refractivity contribution in [2.45, 2.75) is 19.9 Å². The molecule has 3 heterocycles. The Morgan fingerprint density at radius 1 is 0.947 bits per heavy atom. The van der Waals surface area contributed by atoms with Crippen LogP contribution in [-0.2, 0) is 11.3 Å². The fourth-order valence-corrected chi connectivity index (χ4v) is 5.40. The van der Waals surface area contributed by atoms with Crippen molar-refractivity contribution in [1.82, 2.24) is 29.8 Å². The maximum Gasteiger partial charge on any atom is 0.274 e. The zero-order valence-corrected chi connectivity index (χ0v) is 21.6. The van der Waals surface area contributed by atoms with E-state index in [2.05, 4.69) is 74.5 Å². The molecule has 2 aromatic heterocycles. The van der Waals surface area contributed by atoms with Crippen LogP contribution in [0.5, 0.6) is 0 Å². The van der Waals surface area contributed by atoms with Gasteiger partial charge in [0, 0.05) is 53.5 Å². The standard InChI is InChI=1S/C30H32N6O2/c1-2-35-26-12-7-6-11-24(26)25-21-23(13-14-27(25)35)36-29(22-9-4-3-5-10-22)28(32-33-36)30(37)31-15-8-16-34-17-19-38-20-18-34/h3-7,9-14,21H,2,8,15-20H2,1H3,(H,31,37). The van der Waals surface area contributed by atoms with Crippen LogP contribution in [0.3, 0.4) is 0 Å². The molecule has 1 fully saturated rings. The number of carbonyl (C=O) groups is 1. The van der Waals surface area contributed by atoms with Crippen LogP contribution >= 0.6 is 0 Å². The van der Waals surface area contributed by atoms with Crippen molar-refractivity contribution in [1.29, 1.82) is 0 Å². The number of hydrogen-bond acceptors (Lipinski definition) is 5. The number of nitrogens with one attached hydrogen (secondary N) is 1. The van der Waals surface area contributed by atoms with Crippen molar-refractivity contribution < 1.29 is 9.53 Å². The van der Waals surface area contributed by atoms with E-state index in [1.807, 2.05) is 30.3 Å². The van der Waals surface area contributed by atoms with Crippen LogP contribution < -0.4 is 5.32 Å². The van der Waals surface area contributed by atoms with E-state index in [-0.39, 0.29) is 5.91 Å². The third-order valence-electron chi connectivity index (χ3n) is 7.29. The van der Waals surface area contributed by atoms with Crippen LogP contribution in [0.1, 0.15) is 23.8 Å². The number of para-hydroxylation sites is 1. The van der Waals surface area contributed by atoms with Crippen molar-refractivity contribution in [2.24, 2.45) is 0 Å². The Morgan fingerprint density at radius 3 is 2.53 bits per heavy atom. The summed E-state index contributed by atoms with van der Waals surface area (Å²) >= 11 is 0. The number of rotatable bonds is 8. The van der Waals surface area contributed by atoms with Crippen molar-refractivity contribution in [3.63, 3.8) is 0 Å². The van der Waals surface area contributed by atoms with Gasteiger partial charge in [0.15, 0.2) is 5.69 Å². The molecule has 0 spiro atoms. The smallest absolute Gasteiger partial charge is 0.274 e. The Morgan fingerprint density at radius 2 is 1.71 bits per heavy atom. The number of amides is 1. The molecule has 1 aliphatic heterocycles. The van der Waals surface area contributed by atoms with Crippen LogP contribution in [0.15, 0.2) is 72.8 Å². The van der Waals surface area contributed by atoms with Gasteiger partial charge in [-0.2, -0.15) is 0 Å². The molecule has 0 saturated carbocycles. The van der Waals surface area contributed by atoms with Gasteiger partial charge in [-0.25, -0.2) is 4.68 Å². The second-order valence-electron chi connectivity index (χ2n) is 9.59. The summed E-state index contributed by atoms with van der Waals surface area (Å²) in [7, 11) is 0. The number of aryl methyl sites for hydroxylation is 1. The van der Waals surface area contributed by atoms with Gasteiger partial charge in [0.1, 0.15) is 5.69 Å². The van der Waals surface area contributed by atoms with Gasteiger partial charge in [-0.3, -0.25) is 9.69 Å². The fourth-order valence-electron chi connectivity index (χ4n) is 5.40. The Balaban J connectivity index is 1.33. The van der Waals surface area contributed by atoms with Gasteiger partial charge in [0.05, 0.1) is 18.9 Å². The number of carbonyl (C=O) groups excluding carboxylic acids is 1. The lowest BCUT2D eigenvalue weighted by Crippen LogP contribution is -2.38. The lowest BCUT2D eigenvalue weighted by Gasteiger charge is -2.26. The Kier molecular flexibility index (Phi) is 6.90. The number of fused-ring (bicyclic) bond motifs is 3. The van der Waals surface area contributed by atoms with Gasteiger partial charge in [-0.1, -0.05) is 53.7 Å². The van der Waals surface area contributed by atoms with Gasteiger partial charge < -0.3 is 14.6 Å². The Hall–Kier alpha value is -4.01. The summed E-state index contributed by atoms with van der Waals surface area (Å²) in [6.07, 6.45) is 0.874. The molecule has 0 aliphatic carbocycles. The molecule has 6 rings (SSSR count). The van der Waals surface area contributed by atoms with E-state index in [9.17, 15) is 4.79 Å². The molecular formula is C30H32N6O2. The first-order chi connectivity index (χ1) is 18.7. The zero-order valence-electron chi connectivity index (χ0n) is 21.6. The molecule has 5 aromatic rings. The highest BCUT2D eigenvalue weighted by atomic mass is 16.5. The molecule has 1 amide bonds. The third kappa shape index (κ3) is 4.57. The molecule has 0 radical (unpaired) electrons. The quantitative estimate of drug-likeness (QED) is 0.312. The number of morpholine rings is 1. The third-order valence-corrected chi connectivity index (χ3v) is 7.29. The molecule has 1 N–H and O–H groups in total. The first-order valence-electron chi connectivity index (χ1n) is 13.4. The van der Waals surface area contributed by atoms with E-state index < -0.39 is 0 Å². The molecular weight excluding hydrogens is 476 g/mol. The van der Waals surface area contributed by atoms with E-state index >= 15 is 0 Å². The van der Waals surface area contributed by atoms with E-state index in [0.29, 0.717) is 17.9 Å². The van der Waals surface area contributed by atoms with Gasteiger partial charge in [-0.15, -0.1) is 5.10 Å². The molecule has 0 unspecified atom stereocenters. The molecule has 8 nitrogen and oxygen atoms in total. The molecule has 38 heavy (non-hydrogen) atoms. The number of benzene rings is 3. The second kappa shape index (κ2) is 10.8. The SMILES string of the molecule is CCn1c2ccccc2c2cc(-n3nnc(C(=O)NCCCN4CCOCC4)c3-c3ccccc3)ccc21. The van der Waals surface area contributed by atoms with Gasteiger partial charge >= 0.3 is 0 Å². The summed E-state index contributed by atoms with van der Waals surface area (Å²) in [5.41, 5.74) is 5.17. The summed E-state index contributed by atoms with van der Waals surface area (Å²) in [6.45, 7) is 8.02. The first kappa shape index (κ1) is 24.3. The van der Waals surface area contributed by atoms with Gasteiger partial charge in [-0.05, 0) is 44.2 Å². The molecule has 0 bridgehead atoms. The predicted octanol–water partition coefficient (Wildman–Crippen LogP) is 4.51. The highest BCUT2D eigenvalue weighted by Gasteiger charge is 2.23. The largest absolute Gasteiger partial charge is 0.379 e. The fraction of sp³-hybridized carbons (Fsp3) is 0.300. The minimum Gasteiger partial charge on any atom is -0.379 e. The maximum atomic E-state index is 13.3. The molecule has 8 heteroatoms. The van der Waals surface area contributed by atoms with Gasteiger partial charge in [0.25, 0.3) is 5.91 Å². The number of hydrogen-bond donors (Lipinski definition) is 1. The Labute approximate surface area is 221 Å². The average molecular weight is 509 g/mol. The second-order valence-corrected chi connectivity index (χ2v) is 9.59. The highest BCUT2D eigenvalue weighted by molar-refractivity contribution is 6.08. The number of nitrogens with zero attached hydrogens (tertiary/aromatic N) is 5. The van der Waals surface area contributed by atoms with Crippen molar-refractivity contribution >= 4 is 27.7 Å². The normalized spacial score (nSPS) is 14.3. The maximum absolute atomic E-state index is 13.3. The monoisotopic (exact) mass is 508 g/mol. The Bertz CT molecular complexity index is 1570. The minimum absolute atomic E-state index is 0.208. The van der Waals surface area contributed by atoms with Crippen LogP contribution in [0.4, 0.5) is 0 Å². The lowest BCUT2D eigenvalue weighted by atomic mass is 10.1. The van der Waals surface area contributed by atoms with Crippen molar-refractivity contribution in [3.8, 4) is 16.9 Å². The average Bonchev–Trinajstić information content (AvgIpc) is 3.56. The van der Waals surface area contributed by atoms with E-state index in [4.69, 9.17) is 4.74 Å². The highest BCUT2D eigenvalue weighted by Crippen LogP contribution is 2.32. The lowest BCUT2D eigenvalue weighted by molar-refractivity contribution is 0.0374. The van der Waals surface area contributed by atoms with E-state index in [1.54, 1.807) is 4.68 Å². The molecule has 3 aromatic carbocycles. The minimum atomic E-state index is -0.208. The summed E-state index contributed by atoms with van der Waals surface area (Å²) in [5.74, 6) is -0.208. The summed E-state index contributed by atoms with van der Waals surface area (Å²) in [5, 5.41) is 14.3.